The smallest absolute Gasteiger partial charge is 0.227 e. The lowest BCUT2D eigenvalue weighted by Crippen LogP contribution is -2.48. The Hall–Kier alpha value is -1.35. The SMILES string of the molecule is CCC1(C)CCCN(C(=O)C(C)C(N)c2ccccc2)C1. The normalized spacial score (nSPS) is 25.4. The summed E-state index contributed by atoms with van der Waals surface area (Å²) in [7, 11) is 0. The van der Waals surface area contributed by atoms with Crippen molar-refractivity contribution in [1.82, 2.24) is 4.90 Å². The minimum atomic E-state index is -0.228. The lowest BCUT2D eigenvalue weighted by Gasteiger charge is -2.41. The molecule has 0 aromatic heterocycles. The van der Waals surface area contributed by atoms with E-state index >= 15 is 0 Å². The number of nitrogens with zero attached hydrogens (tertiary/aromatic N) is 1. The van der Waals surface area contributed by atoms with Crippen LogP contribution in [0.15, 0.2) is 30.3 Å². The molecule has 1 aromatic carbocycles. The molecular weight excluding hydrogens is 260 g/mol. The monoisotopic (exact) mass is 288 g/mol. The number of piperidine rings is 1. The van der Waals surface area contributed by atoms with Gasteiger partial charge in [-0.05, 0) is 30.2 Å². The molecule has 0 saturated carbocycles. The first kappa shape index (κ1) is 16.0. The molecule has 21 heavy (non-hydrogen) atoms. The maximum Gasteiger partial charge on any atom is 0.227 e. The number of nitrogens with two attached hydrogens (primary N) is 1. The van der Waals surface area contributed by atoms with E-state index in [1.54, 1.807) is 0 Å². The minimum absolute atomic E-state index is 0.174. The molecule has 3 heteroatoms. The average Bonchev–Trinajstić information content (AvgIpc) is 2.53. The number of likely N-dealkylation sites (tertiary alicyclic amines) is 1. The van der Waals surface area contributed by atoms with Crippen molar-refractivity contribution in [2.45, 2.75) is 46.1 Å². The fourth-order valence-corrected chi connectivity index (χ4v) is 3.20. The summed E-state index contributed by atoms with van der Waals surface area (Å²) in [5.41, 5.74) is 7.60. The highest BCUT2D eigenvalue weighted by molar-refractivity contribution is 5.79. The van der Waals surface area contributed by atoms with Gasteiger partial charge in [0.25, 0.3) is 0 Å². The fourth-order valence-electron chi connectivity index (χ4n) is 3.20. The highest BCUT2D eigenvalue weighted by Gasteiger charge is 2.34. The molecular formula is C18H28N2O. The van der Waals surface area contributed by atoms with E-state index in [2.05, 4.69) is 13.8 Å². The second kappa shape index (κ2) is 6.61. The molecule has 0 spiro atoms. The summed E-state index contributed by atoms with van der Waals surface area (Å²) in [5.74, 6) is 0.0253. The number of amides is 1. The largest absolute Gasteiger partial charge is 0.342 e. The van der Waals surface area contributed by atoms with Gasteiger partial charge in [-0.1, -0.05) is 51.1 Å². The number of rotatable bonds is 4. The number of hydrogen-bond acceptors (Lipinski definition) is 2. The highest BCUT2D eigenvalue weighted by Crippen LogP contribution is 2.34. The second-order valence-corrected chi connectivity index (χ2v) is 6.75. The Morgan fingerprint density at radius 1 is 1.38 bits per heavy atom. The van der Waals surface area contributed by atoms with E-state index in [-0.39, 0.29) is 23.3 Å². The van der Waals surface area contributed by atoms with Crippen molar-refractivity contribution in [2.75, 3.05) is 13.1 Å². The van der Waals surface area contributed by atoms with Crippen LogP contribution in [0.25, 0.3) is 0 Å². The number of hydrogen-bond donors (Lipinski definition) is 1. The third-order valence-corrected chi connectivity index (χ3v) is 5.06. The van der Waals surface area contributed by atoms with E-state index in [0.29, 0.717) is 0 Å². The first-order chi connectivity index (χ1) is 9.97. The molecule has 116 valence electrons. The Balaban J connectivity index is 2.05. The summed E-state index contributed by atoms with van der Waals surface area (Å²) < 4.78 is 0. The zero-order valence-corrected chi connectivity index (χ0v) is 13.5. The Kier molecular flexibility index (Phi) is 5.04. The fraction of sp³-hybridized carbons (Fsp3) is 0.611. The van der Waals surface area contributed by atoms with Crippen LogP contribution in [0.3, 0.4) is 0 Å². The quantitative estimate of drug-likeness (QED) is 0.923. The van der Waals surface area contributed by atoms with Crippen LogP contribution in [0.1, 0.15) is 51.6 Å². The molecule has 1 aromatic rings. The average molecular weight is 288 g/mol. The molecule has 1 saturated heterocycles. The minimum Gasteiger partial charge on any atom is -0.342 e. The summed E-state index contributed by atoms with van der Waals surface area (Å²) in [6.07, 6.45) is 3.44. The van der Waals surface area contributed by atoms with Crippen molar-refractivity contribution < 1.29 is 4.79 Å². The Bertz CT molecular complexity index is 473. The van der Waals surface area contributed by atoms with Gasteiger partial charge in [0.15, 0.2) is 0 Å². The van der Waals surface area contributed by atoms with E-state index in [1.807, 2.05) is 42.2 Å². The molecule has 1 heterocycles. The Morgan fingerprint density at radius 3 is 2.67 bits per heavy atom. The lowest BCUT2D eigenvalue weighted by atomic mass is 9.79. The van der Waals surface area contributed by atoms with Crippen LogP contribution in [0.4, 0.5) is 0 Å². The standard InChI is InChI=1S/C18H28N2O/c1-4-18(3)11-8-12-20(13-18)17(21)14(2)16(19)15-9-6-5-7-10-15/h5-7,9-10,14,16H,4,8,11-13,19H2,1-3H3. The van der Waals surface area contributed by atoms with E-state index in [4.69, 9.17) is 5.73 Å². The molecule has 3 atom stereocenters. The first-order valence-corrected chi connectivity index (χ1v) is 8.06. The van der Waals surface area contributed by atoms with Gasteiger partial charge in [0.2, 0.25) is 5.91 Å². The lowest BCUT2D eigenvalue weighted by molar-refractivity contribution is -0.139. The van der Waals surface area contributed by atoms with Crippen LogP contribution in [-0.2, 0) is 4.79 Å². The molecule has 1 fully saturated rings. The van der Waals surface area contributed by atoms with Crippen molar-refractivity contribution in [2.24, 2.45) is 17.1 Å². The maximum absolute atomic E-state index is 12.8. The van der Waals surface area contributed by atoms with Gasteiger partial charge in [0, 0.05) is 19.1 Å². The summed E-state index contributed by atoms with van der Waals surface area (Å²) in [6.45, 7) is 8.20. The van der Waals surface area contributed by atoms with Crippen LogP contribution in [0, 0.1) is 11.3 Å². The van der Waals surface area contributed by atoms with Gasteiger partial charge in [0.05, 0.1) is 5.92 Å². The third-order valence-electron chi connectivity index (χ3n) is 5.06. The molecule has 3 nitrogen and oxygen atoms in total. The van der Waals surface area contributed by atoms with Gasteiger partial charge < -0.3 is 10.6 Å². The maximum atomic E-state index is 12.8. The van der Waals surface area contributed by atoms with E-state index in [0.717, 1.165) is 31.5 Å². The van der Waals surface area contributed by atoms with Gasteiger partial charge in [-0.25, -0.2) is 0 Å². The predicted octanol–water partition coefficient (Wildman–Crippen LogP) is 3.36. The molecule has 1 amide bonds. The van der Waals surface area contributed by atoms with Crippen LogP contribution in [0.2, 0.25) is 0 Å². The molecule has 0 aliphatic carbocycles. The number of benzene rings is 1. The Labute approximate surface area is 128 Å². The van der Waals surface area contributed by atoms with Crippen LogP contribution in [0.5, 0.6) is 0 Å². The molecule has 0 bridgehead atoms. The van der Waals surface area contributed by atoms with Gasteiger partial charge >= 0.3 is 0 Å². The molecule has 3 unspecified atom stereocenters. The van der Waals surface area contributed by atoms with Gasteiger partial charge in [0.1, 0.15) is 0 Å². The van der Waals surface area contributed by atoms with Gasteiger partial charge in [-0.15, -0.1) is 0 Å². The van der Waals surface area contributed by atoms with Crippen LogP contribution in [-0.4, -0.2) is 23.9 Å². The summed E-state index contributed by atoms with van der Waals surface area (Å²) in [6, 6.07) is 9.69. The summed E-state index contributed by atoms with van der Waals surface area (Å²) in [5, 5.41) is 0. The molecule has 2 N–H and O–H groups in total. The zero-order chi connectivity index (χ0) is 15.5. The van der Waals surface area contributed by atoms with E-state index < -0.39 is 0 Å². The van der Waals surface area contributed by atoms with Crippen molar-refractivity contribution in [1.29, 1.82) is 0 Å². The zero-order valence-electron chi connectivity index (χ0n) is 13.5. The molecule has 0 radical (unpaired) electrons. The third kappa shape index (κ3) is 3.65. The van der Waals surface area contributed by atoms with Crippen molar-refractivity contribution >= 4 is 5.91 Å². The summed E-state index contributed by atoms with van der Waals surface area (Å²) in [4.78, 5) is 14.8. The highest BCUT2D eigenvalue weighted by atomic mass is 16.2. The Morgan fingerprint density at radius 2 is 2.05 bits per heavy atom. The van der Waals surface area contributed by atoms with Crippen molar-refractivity contribution in [3.05, 3.63) is 35.9 Å². The molecule has 2 rings (SSSR count). The number of carbonyl (C=O) groups is 1. The molecule has 1 aliphatic heterocycles. The topological polar surface area (TPSA) is 46.3 Å². The van der Waals surface area contributed by atoms with Crippen molar-refractivity contribution in [3.63, 3.8) is 0 Å². The first-order valence-electron chi connectivity index (χ1n) is 8.06. The van der Waals surface area contributed by atoms with E-state index in [9.17, 15) is 4.79 Å². The van der Waals surface area contributed by atoms with Crippen molar-refractivity contribution in [3.8, 4) is 0 Å². The molecule has 1 aliphatic rings. The number of carbonyl (C=O) groups excluding carboxylic acids is 1. The van der Waals surface area contributed by atoms with Crippen LogP contribution < -0.4 is 5.73 Å². The summed E-state index contributed by atoms with van der Waals surface area (Å²) >= 11 is 0. The van der Waals surface area contributed by atoms with Gasteiger partial charge in [-0.2, -0.15) is 0 Å². The predicted molar refractivity (Wildman–Crippen MR) is 86.7 cm³/mol. The van der Waals surface area contributed by atoms with E-state index in [1.165, 1.54) is 6.42 Å². The second-order valence-electron chi connectivity index (χ2n) is 6.75. The van der Waals surface area contributed by atoms with Crippen LogP contribution >= 0.6 is 0 Å². The van der Waals surface area contributed by atoms with Gasteiger partial charge in [-0.3, -0.25) is 4.79 Å².